The molecule has 3 rings (SSSR count). The smallest absolute Gasteiger partial charge is 0.259 e. The lowest BCUT2D eigenvalue weighted by Gasteiger charge is -2.04. The Hall–Kier alpha value is -2.54. The van der Waals surface area contributed by atoms with Gasteiger partial charge in [0.15, 0.2) is 11.6 Å². The van der Waals surface area contributed by atoms with Gasteiger partial charge in [-0.1, -0.05) is 29.5 Å². The summed E-state index contributed by atoms with van der Waals surface area (Å²) in [6.07, 6.45) is 0. The summed E-state index contributed by atoms with van der Waals surface area (Å²) in [7, 11) is 0. The van der Waals surface area contributed by atoms with Crippen LogP contribution < -0.4 is 10.9 Å². The average Bonchev–Trinajstić information content (AvgIpc) is 2.84. The van der Waals surface area contributed by atoms with Gasteiger partial charge in [-0.05, 0) is 19.1 Å². The molecule has 0 unspecified atom stereocenters. The summed E-state index contributed by atoms with van der Waals surface area (Å²) in [4.78, 5) is 19.2. The van der Waals surface area contributed by atoms with Crippen LogP contribution in [0.3, 0.4) is 0 Å². The highest BCUT2D eigenvalue weighted by atomic mass is 32.1. The molecule has 100 valence electrons. The number of nitrogens with zero attached hydrogens (tertiary/aromatic N) is 2. The van der Waals surface area contributed by atoms with Crippen LogP contribution in [0.2, 0.25) is 0 Å². The topological polar surface area (TPSA) is 83.8 Å². The fourth-order valence-corrected chi connectivity index (χ4v) is 2.00. The average molecular weight is 286 g/mol. The maximum Gasteiger partial charge on any atom is 0.259 e. The van der Waals surface area contributed by atoms with Crippen LogP contribution >= 0.6 is 12.2 Å². The molecule has 7 heteroatoms. The number of benzene rings is 1. The number of thiocarbonyl (C=S) groups is 1. The fourth-order valence-electron chi connectivity index (χ4n) is 1.79. The Morgan fingerprint density at radius 1 is 1.40 bits per heavy atom. The van der Waals surface area contributed by atoms with Crippen molar-refractivity contribution < 1.29 is 4.52 Å². The van der Waals surface area contributed by atoms with Gasteiger partial charge in [0.2, 0.25) is 0 Å². The summed E-state index contributed by atoms with van der Waals surface area (Å²) in [5, 5.41) is 7.16. The van der Waals surface area contributed by atoms with E-state index in [1.54, 1.807) is 31.2 Å². The summed E-state index contributed by atoms with van der Waals surface area (Å²) in [5.74, 6) is 1.43. The molecular formula is C13H10N4O2S. The molecule has 0 aliphatic carbocycles. The normalized spacial score (nSPS) is 10.7. The number of fused-ring (bicyclic) bond motifs is 1. The number of rotatable bonds is 2. The van der Waals surface area contributed by atoms with E-state index in [9.17, 15) is 4.79 Å². The van der Waals surface area contributed by atoms with E-state index in [0.29, 0.717) is 28.3 Å². The number of aryl methyl sites for hydroxylation is 1. The van der Waals surface area contributed by atoms with Crippen molar-refractivity contribution in [3.63, 3.8) is 0 Å². The van der Waals surface area contributed by atoms with Crippen LogP contribution in [0, 0.1) is 6.92 Å². The van der Waals surface area contributed by atoms with Crippen LogP contribution in [0.15, 0.2) is 39.6 Å². The molecule has 1 aromatic carbocycles. The van der Waals surface area contributed by atoms with Gasteiger partial charge in [-0.25, -0.2) is 4.98 Å². The maximum absolute atomic E-state index is 11.9. The molecule has 0 amide bonds. The van der Waals surface area contributed by atoms with Gasteiger partial charge in [-0.3, -0.25) is 4.79 Å². The highest BCUT2D eigenvalue weighted by Crippen LogP contribution is 2.10. The Morgan fingerprint density at radius 2 is 2.20 bits per heavy atom. The van der Waals surface area contributed by atoms with Crippen LogP contribution in [0.4, 0.5) is 5.82 Å². The molecule has 0 fully saturated rings. The van der Waals surface area contributed by atoms with Crippen molar-refractivity contribution in [1.29, 1.82) is 0 Å². The Morgan fingerprint density at radius 3 is 2.95 bits per heavy atom. The first-order valence-electron chi connectivity index (χ1n) is 5.87. The lowest BCUT2D eigenvalue weighted by Crippen LogP contribution is -2.20. The van der Waals surface area contributed by atoms with Gasteiger partial charge in [0.25, 0.3) is 5.56 Å². The van der Waals surface area contributed by atoms with Crippen LogP contribution in [-0.2, 0) is 0 Å². The molecule has 0 aliphatic rings. The number of hydrogen-bond donors (Lipinski definition) is 2. The van der Waals surface area contributed by atoms with E-state index in [0.717, 1.165) is 0 Å². The van der Waals surface area contributed by atoms with Gasteiger partial charge in [0.05, 0.1) is 10.9 Å². The second-order valence-electron chi connectivity index (χ2n) is 4.21. The first-order valence-corrected chi connectivity index (χ1v) is 6.28. The number of aromatic nitrogens is 3. The van der Waals surface area contributed by atoms with Gasteiger partial charge in [0, 0.05) is 6.07 Å². The maximum atomic E-state index is 11.9. The molecule has 3 aromatic rings. The van der Waals surface area contributed by atoms with E-state index in [-0.39, 0.29) is 10.5 Å². The number of H-pyrrole nitrogens is 1. The first kappa shape index (κ1) is 12.5. The Bertz CT molecular complexity index is 853. The molecule has 2 N–H and O–H groups in total. The largest absolute Gasteiger partial charge is 0.360 e. The van der Waals surface area contributed by atoms with Gasteiger partial charge in [-0.2, -0.15) is 0 Å². The molecule has 0 saturated carbocycles. The van der Waals surface area contributed by atoms with E-state index in [4.69, 9.17) is 16.7 Å². The quantitative estimate of drug-likeness (QED) is 0.701. The first-order chi connectivity index (χ1) is 9.63. The molecule has 2 aromatic heterocycles. The van der Waals surface area contributed by atoms with Crippen molar-refractivity contribution >= 4 is 33.9 Å². The van der Waals surface area contributed by atoms with Crippen molar-refractivity contribution in [2.24, 2.45) is 0 Å². The summed E-state index contributed by atoms with van der Waals surface area (Å²) in [6.45, 7) is 1.78. The van der Waals surface area contributed by atoms with E-state index in [1.807, 2.05) is 6.07 Å². The molecule has 2 heterocycles. The third-order valence-electron chi connectivity index (χ3n) is 2.70. The zero-order valence-electron chi connectivity index (χ0n) is 10.5. The minimum Gasteiger partial charge on any atom is -0.360 e. The second-order valence-corrected chi connectivity index (χ2v) is 4.62. The summed E-state index contributed by atoms with van der Waals surface area (Å²) in [5.41, 5.74) is 0.359. The van der Waals surface area contributed by atoms with Gasteiger partial charge >= 0.3 is 0 Å². The highest BCUT2D eigenvalue weighted by Gasteiger charge is 2.09. The van der Waals surface area contributed by atoms with E-state index in [1.165, 1.54) is 0 Å². The molecular weight excluding hydrogens is 276 g/mol. The van der Waals surface area contributed by atoms with Gasteiger partial charge < -0.3 is 14.8 Å². The van der Waals surface area contributed by atoms with Crippen LogP contribution in [0.5, 0.6) is 0 Å². The molecule has 6 nitrogen and oxygen atoms in total. The zero-order chi connectivity index (χ0) is 14.1. The summed E-state index contributed by atoms with van der Waals surface area (Å²) >= 11 is 5.21. The van der Waals surface area contributed by atoms with Crippen molar-refractivity contribution in [2.75, 3.05) is 5.32 Å². The minimum atomic E-state index is -0.230. The molecule has 0 spiro atoms. The number of hydrogen-bond acceptors (Lipinski definition) is 5. The number of nitrogens with one attached hydrogen (secondary N) is 2. The lowest BCUT2D eigenvalue weighted by atomic mass is 10.2. The number of para-hydroxylation sites is 1. The van der Waals surface area contributed by atoms with E-state index in [2.05, 4.69) is 20.4 Å². The van der Waals surface area contributed by atoms with Crippen LogP contribution in [0.25, 0.3) is 10.9 Å². The lowest BCUT2D eigenvalue weighted by molar-refractivity contribution is 0.400. The molecule has 20 heavy (non-hydrogen) atoms. The third kappa shape index (κ3) is 2.30. The van der Waals surface area contributed by atoms with E-state index >= 15 is 0 Å². The van der Waals surface area contributed by atoms with Crippen LogP contribution in [0.1, 0.15) is 11.6 Å². The Balaban J connectivity index is 1.97. The molecule has 0 aliphatic heterocycles. The molecule has 0 saturated heterocycles. The summed E-state index contributed by atoms with van der Waals surface area (Å²) < 4.78 is 4.93. The number of aromatic amines is 1. The third-order valence-corrected chi connectivity index (χ3v) is 2.99. The molecule has 0 radical (unpaired) electrons. The van der Waals surface area contributed by atoms with Crippen molar-refractivity contribution in [2.45, 2.75) is 6.92 Å². The SMILES string of the molecule is Cc1cc(NC(=S)c2nc3ccccc3c(=O)[nH]2)no1. The van der Waals surface area contributed by atoms with Gasteiger partial charge in [-0.15, -0.1) is 0 Å². The Labute approximate surface area is 118 Å². The number of anilines is 1. The Kier molecular flexibility index (Phi) is 3.03. The predicted molar refractivity (Wildman–Crippen MR) is 78.9 cm³/mol. The monoisotopic (exact) mass is 286 g/mol. The fraction of sp³-hybridized carbons (Fsp3) is 0.0769. The van der Waals surface area contributed by atoms with Gasteiger partial charge in [0.1, 0.15) is 10.7 Å². The van der Waals surface area contributed by atoms with Crippen molar-refractivity contribution in [3.8, 4) is 0 Å². The molecule has 0 atom stereocenters. The zero-order valence-corrected chi connectivity index (χ0v) is 11.3. The van der Waals surface area contributed by atoms with E-state index < -0.39 is 0 Å². The standard InChI is InChI=1S/C13H10N4O2S/c1-7-6-10(17-19-7)15-13(20)11-14-9-5-3-2-4-8(9)12(18)16-11/h2-6H,1H3,(H,14,16,18)(H,15,17,20). The summed E-state index contributed by atoms with van der Waals surface area (Å²) in [6, 6.07) is 8.77. The molecule has 0 bridgehead atoms. The van der Waals surface area contributed by atoms with Crippen LogP contribution in [-0.4, -0.2) is 20.1 Å². The van der Waals surface area contributed by atoms with Crippen molar-refractivity contribution in [3.05, 3.63) is 52.3 Å². The minimum absolute atomic E-state index is 0.230. The highest BCUT2D eigenvalue weighted by molar-refractivity contribution is 7.81. The van der Waals surface area contributed by atoms with Crippen molar-refractivity contribution in [1.82, 2.24) is 15.1 Å². The predicted octanol–water partition coefficient (Wildman–Crippen LogP) is 2.01. The second kappa shape index (κ2) is 4.86.